The summed E-state index contributed by atoms with van der Waals surface area (Å²) in [7, 11) is 0. The fraction of sp³-hybridized carbons (Fsp3) is 0.645. The number of carbonyl (C=O) groups is 2. The third-order valence-corrected chi connectivity index (χ3v) is 8.51. The van der Waals surface area contributed by atoms with E-state index < -0.39 is 11.7 Å². The molecule has 2 amide bonds. The first-order chi connectivity index (χ1) is 18.6. The Morgan fingerprint density at radius 2 is 1.79 bits per heavy atom. The highest BCUT2D eigenvalue weighted by Crippen LogP contribution is 2.43. The third-order valence-electron chi connectivity index (χ3n) is 8.51. The van der Waals surface area contributed by atoms with Gasteiger partial charge in [0.2, 0.25) is 11.5 Å². The molecule has 1 aromatic heterocycles. The maximum atomic E-state index is 12.9. The minimum Gasteiger partial charge on any atom is -0.487 e. The van der Waals surface area contributed by atoms with Gasteiger partial charge in [-0.3, -0.25) is 4.79 Å². The molecule has 2 N–H and O–H groups in total. The molecule has 2 saturated carbocycles. The van der Waals surface area contributed by atoms with Crippen LogP contribution in [-0.4, -0.2) is 29.7 Å². The zero-order valence-electron chi connectivity index (χ0n) is 23.9. The lowest BCUT2D eigenvalue weighted by Gasteiger charge is -2.41. The van der Waals surface area contributed by atoms with Crippen molar-refractivity contribution >= 4 is 23.0 Å². The smallest absolute Gasteiger partial charge is 0.407 e. The zero-order chi connectivity index (χ0) is 27.6. The Morgan fingerprint density at radius 1 is 1.05 bits per heavy atom. The molecular formula is C31H43N3O5. The molecule has 0 bridgehead atoms. The highest BCUT2D eigenvalue weighted by Gasteiger charge is 2.37. The fourth-order valence-corrected chi connectivity index (χ4v) is 6.32. The van der Waals surface area contributed by atoms with E-state index in [4.69, 9.17) is 13.9 Å². The van der Waals surface area contributed by atoms with Crippen molar-refractivity contribution in [1.29, 1.82) is 0 Å². The number of carbonyl (C=O) groups excluding carboxylic acids is 2. The van der Waals surface area contributed by atoms with E-state index in [1.54, 1.807) is 0 Å². The van der Waals surface area contributed by atoms with E-state index in [1.165, 1.54) is 24.8 Å². The number of amides is 2. The Bertz CT molecular complexity index is 1280. The van der Waals surface area contributed by atoms with Gasteiger partial charge in [-0.15, -0.1) is 5.10 Å². The lowest BCUT2D eigenvalue weighted by Crippen LogP contribution is -2.41. The number of fused-ring (bicyclic) bond motifs is 2. The number of hydrogen-bond donors (Lipinski definition) is 2. The molecule has 1 aromatic carbocycles. The molecule has 2 fully saturated rings. The maximum Gasteiger partial charge on any atom is 0.407 e. The Labute approximate surface area is 230 Å². The molecule has 1 spiro atoms. The van der Waals surface area contributed by atoms with Crippen LogP contribution >= 0.6 is 0 Å². The van der Waals surface area contributed by atoms with Crippen molar-refractivity contribution < 1.29 is 23.5 Å². The molecule has 0 unspecified atom stereocenters. The standard InChI is InChI=1S/C31H43N3O5/c1-20-16-27(33-34-28(35)22-10-8-21(9-11-22)19-32-29(36)39-30(2,3)4)37-26-18-25-23(17-24(20)26)12-15-31(38-25)13-6-5-7-14-31/h16-18,21-22H,5-15,19H2,1-4H3,(H,32,36)(H,34,35)/b33-27-. The molecule has 1 aliphatic heterocycles. The van der Waals surface area contributed by atoms with Crippen molar-refractivity contribution in [1.82, 2.24) is 10.7 Å². The van der Waals surface area contributed by atoms with E-state index >= 15 is 0 Å². The number of ether oxygens (including phenoxy) is 2. The molecule has 8 heteroatoms. The molecule has 2 aromatic rings. The highest BCUT2D eigenvalue weighted by atomic mass is 16.6. The Balaban J connectivity index is 1.19. The van der Waals surface area contributed by atoms with Gasteiger partial charge in [-0.05, 0) is 115 Å². The SMILES string of the molecule is Cc1c/c(=N/NC(=O)C2CCC(CNC(=O)OC(C)(C)C)CC2)oc2cc3c(cc12)CCC1(CCCCC1)O3. The quantitative estimate of drug-likeness (QED) is 0.464. The summed E-state index contributed by atoms with van der Waals surface area (Å²) in [6.45, 7) is 8.16. The summed E-state index contributed by atoms with van der Waals surface area (Å²) in [5.74, 6) is 1.09. The number of aryl methyl sites for hydroxylation is 2. The zero-order valence-corrected chi connectivity index (χ0v) is 23.9. The van der Waals surface area contributed by atoms with Crippen LogP contribution in [-0.2, 0) is 16.0 Å². The van der Waals surface area contributed by atoms with Crippen LogP contribution in [0.1, 0.15) is 96.1 Å². The van der Waals surface area contributed by atoms with Crippen molar-refractivity contribution in [3.05, 3.63) is 34.9 Å². The van der Waals surface area contributed by atoms with Crippen molar-refractivity contribution in [3.63, 3.8) is 0 Å². The van der Waals surface area contributed by atoms with Crippen LogP contribution in [0.3, 0.4) is 0 Å². The molecule has 0 atom stereocenters. The minimum absolute atomic E-state index is 0.0191. The molecule has 3 aliphatic rings. The number of rotatable bonds is 4. The summed E-state index contributed by atoms with van der Waals surface area (Å²) in [5, 5.41) is 8.23. The van der Waals surface area contributed by atoms with E-state index in [1.807, 2.05) is 39.8 Å². The van der Waals surface area contributed by atoms with Crippen molar-refractivity contribution in [2.24, 2.45) is 16.9 Å². The Morgan fingerprint density at radius 3 is 2.51 bits per heavy atom. The number of nitrogens with zero attached hydrogens (tertiary/aromatic N) is 1. The first-order valence-electron chi connectivity index (χ1n) is 14.7. The number of nitrogens with one attached hydrogen (secondary N) is 2. The largest absolute Gasteiger partial charge is 0.487 e. The molecule has 2 aliphatic carbocycles. The van der Waals surface area contributed by atoms with Gasteiger partial charge in [-0.25, -0.2) is 10.2 Å². The summed E-state index contributed by atoms with van der Waals surface area (Å²) >= 11 is 0. The molecule has 0 radical (unpaired) electrons. The van der Waals surface area contributed by atoms with Gasteiger partial charge in [0, 0.05) is 30.0 Å². The van der Waals surface area contributed by atoms with Gasteiger partial charge < -0.3 is 19.2 Å². The van der Waals surface area contributed by atoms with Gasteiger partial charge in [0.05, 0.1) is 0 Å². The van der Waals surface area contributed by atoms with Gasteiger partial charge in [0.1, 0.15) is 22.5 Å². The molecule has 2 heterocycles. The number of benzene rings is 1. The summed E-state index contributed by atoms with van der Waals surface area (Å²) in [4.78, 5) is 24.8. The average molecular weight is 538 g/mol. The van der Waals surface area contributed by atoms with Gasteiger partial charge >= 0.3 is 6.09 Å². The molecule has 8 nitrogen and oxygen atoms in total. The number of hydrogen-bond acceptors (Lipinski definition) is 6. The molecular weight excluding hydrogens is 494 g/mol. The van der Waals surface area contributed by atoms with Crippen molar-refractivity contribution in [2.75, 3.05) is 6.54 Å². The fourth-order valence-electron chi connectivity index (χ4n) is 6.32. The molecule has 212 valence electrons. The summed E-state index contributed by atoms with van der Waals surface area (Å²) < 4.78 is 18.0. The number of alkyl carbamates (subject to hydrolysis) is 1. The second-order valence-corrected chi connectivity index (χ2v) is 12.8. The van der Waals surface area contributed by atoms with Crippen LogP contribution in [0, 0.1) is 18.8 Å². The predicted octanol–water partition coefficient (Wildman–Crippen LogP) is 6.03. The van der Waals surface area contributed by atoms with Crippen LogP contribution in [0.15, 0.2) is 27.7 Å². The predicted molar refractivity (Wildman–Crippen MR) is 149 cm³/mol. The summed E-state index contributed by atoms with van der Waals surface area (Å²) in [6.07, 6.45) is 11.0. The van der Waals surface area contributed by atoms with Crippen LogP contribution < -0.4 is 21.0 Å². The first kappa shape index (κ1) is 27.5. The molecule has 0 saturated heterocycles. The summed E-state index contributed by atoms with van der Waals surface area (Å²) in [5.41, 5.74) is 5.61. The van der Waals surface area contributed by atoms with Crippen LogP contribution in [0.4, 0.5) is 4.79 Å². The van der Waals surface area contributed by atoms with Gasteiger partial charge in [0.15, 0.2) is 0 Å². The second kappa shape index (κ2) is 11.2. The van der Waals surface area contributed by atoms with E-state index in [2.05, 4.69) is 21.9 Å². The van der Waals surface area contributed by atoms with Crippen LogP contribution in [0.2, 0.25) is 0 Å². The monoisotopic (exact) mass is 537 g/mol. The van der Waals surface area contributed by atoms with Gasteiger partial charge in [-0.2, -0.15) is 0 Å². The topological polar surface area (TPSA) is 102 Å². The van der Waals surface area contributed by atoms with Crippen molar-refractivity contribution in [2.45, 2.75) is 110 Å². The Kier molecular flexibility index (Phi) is 7.92. The third kappa shape index (κ3) is 6.76. The Hall–Kier alpha value is -3.03. The summed E-state index contributed by atoms with van der Waals surface area (Å²) in [6, 6.07) is 6.08. The first-order valence-corrected chi connectivity index (χ1v) is 14.7. The van der Waals surface area contributed by atoms with Gasteiger partial charge in [-0.1, -0.05) is 6.42 Å². The van der Waals surface area contributed by atoms with E-state index in [9.17, 15) is 9.59 Å². The lowest BCUT2D eigenvalue weighted by atomic mass is 9.79. The van der Waals surface area contributed by atoms with E-state index in [-0.39, 0.29) is 17.4 Å². The maximum absolute atomic E-state index is 12.9. The lowest BCUT2D eigenvalue weighted by molar-refractivity contribution is -0.126. The normalized spacial score (nSPS) is 23.1. The van der Waals surface area contributed by atoms with Crippen molar-refractivity contribution in [3.8, 4) is 5.75 Å². The second-order valence-electron chi connectivity index (χ2n) is 12.8. The van der Waals surface area contributed by atoms with E-state index in [0.29, 0.717) is 18.0 Å². The van der Waals surface area contributed by atoms with Gasteiger partial charge in [0.25, 0.3) is 0 Å². The average Bonchev–Trinajstić information content (AvgIpc) is 2.89. The van der Waals surface area contributed by atoms with Crippen LogP contribution in [0.25, 0.3) is 11.0 Å². The highest BCUT2D eigenvalue weighted by molar-refractivity contribution is 5.83. The molecule has 39 heavy (non-hydrogen) atoms. The van der Waals surface area contributed by atoms with E-state index in [0.717, 1.165) is 73.6 Å². The van der Waals surface area contributed by atoms with Crippen LogP contribution in [0.5, 0.6) is 5.75 Å². The molecule has 5 rings (SSSR count). The minimum atomic E-state index is -0.510.